The van der Waals surface area contributed by atoms with Gasteiger partial charge in [0.2, 0.25) is 0 Å². The molecule has 12 heavy (non-hydrogen) atoms. The predicted octanol–water partition coefficient (Wildman–Crippen LogP) is 1.92. The van der Waals surface area contributed by atoms with Crippen molar-refractivity contribution in [3.8, 4) is 0 Å². The molecule has 0 bridgehead atoms. The van der Waals surface area contributed by atoms with Crippen LogP contribution in [0.1, 0.15) is 12.5 Å². The fourth-order valence-electron chi connectivity index (χ4n) is 1.29. The topological polar surface area (TPSA) is 24.4 Å². The van der Waals surface area contributed by atoms with E-state index in [0.29, 0.717) is 6.04 Å². The third-order valence-corrected chi connectivity index (χ3v) is 2.02. The maximum atomic E-state index is 4.38. The highest BCUT2D eigenvalue weighted by molar-refractivity contribution is 5.88. The van der Waals surface area contributed by atoms with Crippen molar-refractivity contribution in [3.05, 3.63) is 29.8 Å². The van der Waals surface area contributed by atoms with Gasteiger partial charge in [-0.05, 0) is 13.0 Å². The quantitative estimate of drug-likeness (QED) is 0.616. The van der Waals surface area contributed by atoms with E-state index in [0.717, 1.165) is 6.54 Å². The zero-order valence-electron chi connectivity index (χ0n) is 7.12. The molecule has 0 saturated carbocycles. The first-order valence-electron chi connectivity index (χ1n) is 4.22. The van der Waals surface area contributed by atoms with E-state index < -0.39 is 0 Å². The standard InChI is InChI=1S/C10H12N2/c1-8-6-12-10-5-3-2-4-9(10)7-11-8/h2-5,7-8,12H,6H2,1H3. The Kier molecular flexibility index (Phi) is 1.82. The normalized spacial score (nSPS) is 20.9. The Morgan fingerprint density at radius 1 is 1.42 bits per heavy atom. The van der Waals surface area contributed by atoms with Crippen LogP contribution in [-0.4, -0.2) is 18.8 Å². The monoisotopic (exact) mass is 160 g/mol. The second kappa shape index (κ2) is 2.97. The van der Waals surface area contributed by atoms with Crippen LogP contribution in [0.2, 0.25) is 0 Å². The number of anilines is 1. The minimum atomic E-state index is 0.373. The van der Waals surface area contributed by atoms with Gasteiger partial charge in [0, 0.05) is 24.0 Å². The molecule has 2 rings (SSSR count). The minimum Gasteiger partial charge on any atom is -0.382 e. The molecule has 0 aromatic heterocycles. The Labute approximate surface area is 72.3 Å². The number of rotatable bonds is 0. The molecular weight excluding hydrogens is 148 g/mol. The van der Waals surface area contributed by atoms with Gasteiger partial charge >= 0.3 is 0 Å². The van der Waals surface area contributed by atoms with Gasteiger partial charge in [0.25, 0.3) is 0 Å². The Bertz CT molecular complexity index is 304. The van der Waals surface area contributed by atoms with Gasteiger partial charge in [0.15, 0.2) is 0 Å². The van der Waals surface area contributed by atoms with Gasteiger partial charge in [0.05, 0.1) is 6.04 Å². The predicted molar refractivity (Wildman–Crippen MR) is 52.0 cm³/mol. The number of hydrogen-bond acceptors (Lipinski definition) is 2. The summed E-state index contributed by atoms with van der Waals surface area (Å²) >= 11 is 0. The molecule has 1 aromatic carbocycles. The third kappa shape index (κ3) is 1.33. The van der Waals surface area contributed by atoms with Crippen molar-refractivity contribution in [1.82, 2.24) is 0 Å². The van der Waals surface area contributed by atoms with Crippen molar-refractivity contribution < 1.29 is 0 Å². The molecule has 1 aromatic rings. The summed E-state index contributed by atoms with van der Waals surface area (Å²) in [7, 11) is 0. The van der Waals surface area contributed by atoms with Crippen LogP contribution in [-0.2, 0) is 0 Å². The molecule has 1 aliphatic rings. The van der Waals surface area contributed by atoms with Gasteiger partial charge in [-0.2, -0.15) is 0 Å². The Morgan fingerprint density at radius 3 is 3.17 bits per heavy atom. The molecule has 0 aliphatic carbocycles. The van der Waals surface area contributed by atoms with Gasteiger partial charge < -0.3 is 5.32 Å². The molecule has 62 valence electrons. The highest BCUT2D eigenvalue weighted by Crippen LogP contribution is 2.15. The second-order valence-corrected chi connectivity index (χ2v) is 3.10. The molecule has 0 radical (unpaired) electrons. The number of benzene rings is 1. The van der Waals surface area contributed by atoms with Crippen molar-refractivity contribution in [2.24, 2.45) is 4.99 Å². The number of fused-ring (bicyclic) bond motifs is 1. The molecule has 1 N–H and O–H groups in total. The second-order valence-electron chi connectivity index (χ2n) is 3.10. The molecule has 1 atom stereocenters. The van der Waals surface area contributed by atoms with Gasteiger partial charge in [0.1, 0.15) is 0 Å². The lowest BCUT2D eigenvalue weighted by Gasteiger charge is -2.06. The molecule has 1 aliphatic heterocycles. The molecule has 0 fully saturated rings. The van der Waals surface area contributed by atoms with Crippen molar-refractivity contribution in [3.63, 3.8) is 0 Å². The average Bonchev–Trinajstić information content (AvgIpc) is 2.29. The van der Waals surface area contributed by atoms with Gasteiger partial charge in [-0.15, -0.1) is 0 Å². The lowest BCUT2D eigenvalue weighted by Crippen LogP contribution is -2.12. The summed E-state index contributed by atoms with van der Waals surface area (Å²) in [6.45, 7) is 3.03. The van der Waals surface area contributed by atoms with Gasteiger partial charge in [-0.1, -0.05) is 18.2 Å². The first kappa shape index (κ1) is 7.35. The van der Waals surface area contributed by atoms with Gasteiger partial charge in [-0.3, -0.25) is 4.99 Å². The molecule has 1 unspecified atom stereocenters. The SMILES string of the molecule is CC1CNc2ccccc2C=N1. The molecule has 0 saturated heterocycles. The molecular formula is C10H12N2. The summed E-state index contributed by atoms with van der Waals surface area (Å²) in [6.07, 6.45) is 1.94. The largest absolute Gasteiger partial charge is 0.382 e. The first-order valence-corrected chi connectivity index (χ1v) is 4.22. The van der Waals surface area contributed by atoms with E-state index in [1.807, 2.05) is 18.3 Å². The number of hydrogen-bond donors (Lipinski definition) is 1. The summed E-state index contributed by atoms with van der Waals surface area (Å²) in [5.74, 6) is 0. The van der Waals surface area contributed by atoms with E-state index in [4.69, 9.17) is 0 Å². The maximum absolute atomic E-state index is 4.38. The third-order valence-electron chi connectivity index (χ3n) is 2.02. The van der Waals surface area contributed by atoms with Crippen LogP contribution in [0.5, 0.6) is 0 Å². The smallest absolute Gasteiger partial charge is 0.0644 e. The van der Waals surface area contributed by atoms with Crippen LogP contribution in [0.3, 0.4) is 0 Å². The number of nitrogens with zero attached hydrogens (tertiary/aromatic N) is 1. The number of para-hydroxylation sites is 1. The highest BCUT2D eigenvalue weighted by atomic mass is 14.9. The van der Waals surface area contributed by atoms with E-state index in [9.17, 15) is 0 Å². The number of aliphatic imine (C=N–C) groups is 1. The van der Waals surface area contributed by atoms with Crippen molar-refractivity contribution in [2.45, 2.75) is 13.0 Å². The number of benzodiazepines with no additional fused rings is 1. The fraction of sp³-hybridized carbons (Fsp3) is 0.300. The van der Waals surface area contributed by atoms with E-state index in [1.165, 1.54) is 11.3 Å². The molecule has 0 spiro atoms. The number of nitrogens with one attached hydrogen (secondary N) is 1. The van der Waals surface area contributed by atoms with Crippen LogP contribution in [0.25, 0.3) is 0 Å². The van der Waals surface area contributed by atoms with E-state index >= 15 is 0 Å². The van der Waals surface area contributed by atoms with E-state index in [2.05, 4.69) is 29.4 Å². The van der Waals surface area contributed by atoms with Crippen LogP contribution < -0.4 is 5.32 Å². The molecule has 2 heteroatoms. The molecule has 2 nitrogen and oxygen atoms in total. The Morgan fingerprint density at radius 2 is 2.25 bits per heavy atom. The lowest BCUT2D eigenvalue weighted by molar-refractivity contribution is 0.791. The van der Waals surface area contributed by atoms with Crippen molar-refractivity contribution >= 4 is 11.9 Å². The van der Waals surface area contributed by atoms with Crippen LogP contribution in [0, 0.1) is 0 Å². The van der Waals surface area contributed by atoms with Crippen molar-refractivity contribution in [2.75, 3.05) is 11.9 Å². The van der Waals surface area contributed by atoms with E-state index in [-0.39, 0.29) is 0 Å². The molecule has 1 heterocycles. The van der Waals surface area contributed by atoms with Crippen LogP contribution >= 0.6 is 0 Å². The fourth-order valence-corrected chi connectivity index (χ4v) is 1.29. The van der Waals surface area contributed by atoms with E-state index in [1.54, 1.807) is 0 Å². The minimum absolute atomic E-state index is 0.373. The summed E-state index contributed by atoms with van der Waals surface area (Å²) in [6, 6.07) is 8.60. The highest BCUT2D eigenvalue weighted by Gasteiger charge is 2.05. The first-order chi connectivity index (χ1) is 5.86. The van der Waals surface area contributed by atoms with Gasteiger partial charge in [-0.25, -0.2) is 0 Å². The van der Waals surface area contributed by atoms with Crippen LogP contribution in [0.15, 0.2) is 29.3 Å². The van der Waals surface area contributed by atoms with Crippen molar-refractivity contribution in [1.29, 1.82) is 0 Å². The summed E-state index contributed by atoms with van der Waals surface area (Å²) in [4.78, 5) is 4.38. The van der Waals surface area contributed by atoms with Crippen LogP contribution in [0.4, 0.5) is 5.69 Å². The summed E-state index contributed by atoms with van der Waals surface area (Å²) < 4.78 is 0. The lowest BCUT2D eigenvalue weighted by atomic mass is 10.2. The summed E-state index contributed by atoms with van der Waals surface area (Å²) in [5.41, 5.74) is 2.37. The zero-order chi connectivity index (χ0) is 8.39. The Hall–Kier alpha value is -1.31. The molecule has 0 amide bonds. The Balaban J connectivity index is 2.39. The zero-order valence-corrected chi connectivity index (χ0v) is 7.12. The maximum Gasteiger partial charge on any atom is 0.0644 e. The average molecular weight is 160 g/mol. The summed E-state index contributed by atoms with van der Waals surface area (Å²) in [5, 5.41) is 3.35.